The van der Waals surface area contributed by atoms with Gasteiger partial charge in [-0.3, -0.25) is 0 Å². The van der Waals surface area contributed by atoms with Crippen molar-refractivity contribution in [1.29, 1.82) is 0 Å². The minimum Gasteiger partial charge on any atom is -0.338 e. The Kier molecular flexibility index (Phi) is 7.41. The molecule has 1 aromatic heterocycles. The lowest BCUT2D eigenvalue weighted by Gasteiger charge is -2.26. The van der Waals surface area contributed by atoms with Gasteiger partial charge in [0.15, 0.2) is 0 Å². The van der Waals surface area contributed by atoms with Gasteiger partial charge in [-0.2, -0.15) is 0 Å². The smallest absolute Gasteiger partial charge is 0.225 e. The number of hydrogen-bond acceptors (Lipinski definition) is 4. The topological polar surface area (TPSA) is 41.1 Å². The minimum atomic E-state index is 0.441. The van der Waals surface area contributed by atoms with Gasteiger partial charge in [-0.15, -0.1) is 0 Å². The third-order valence-corrected chi connectivity index (χ3v) is 3.15. The van der Waals surface area contributed by atoms with E-state index in [1.165, 1.54) is 19.3 Å². The van der Waals surface area contributed by atoms with Crippen molar-refractivity contribution in [2.75, 3.05) is 18.0 Å². The molecule has 0 saturated heterocycles. The van der Waals surface area contributed by atoms with Gasteiger partial charge in [-0.05, 0) is 26.8 Å². The molecule has 4 heteroatoms. The average Bonchev–Trinajstić information content (AvgIpc) is 2.42. The molecule has 19 heavy (non-hydrogen) atoms. The van der Waals surface area contributed by atoms with Crippen molar-refractivity contribution in [3.63, 3.8) is 0 Å². The number of anilines is 1. The number of aromatic nitrogens is 2. The normalized spacial score (nSPS) is 11.0. The SMILES string of the molecule is CCCCCN(c1ncc(CNCC)cn1)C(C)C. The van der Waals surface area contributed by atoms with Crippen LogP contribution >= 0.6 is 0 Å². The van der Waals surface area contributed by atoms with Crippen LogP contribution in [0, 0.1) is 0 Å². The first-order valence-corrected chi connectivity index (χ1v) is 7.47. The minimum absolute atomic E-state index is 0.441. The van der Waals surface area contributed by atoms with Gasteiger partial charge in [-0.25, -0.2) is 9.97 Å². The Bertz CT molecular complexity index is 335. The van der Waals surface area contributed by atoms with Gasteiger partial charge < -0.3 is 10.2 Å². The van der Waals surface area contributed by atoms with E-state index in [-0.39, 0.29) is 0 Å². The fourth-order valence-corrected chi connectivity index (χ4v) is 1.98. The summed E-state index contributed by atoms with van der Waals surface area (Å²) >= 11 is 0. The summed E-state index contributed by atoms with van der Waals surface area (Å²) in [7, 11) is 0. The van der Waals surface area contributed by atoms with Gasteiger partial charge in [0, 0.05) is 37.1 Å². The molecule has 0 bridgehead atoms. The molecule has 0 amide bonds. The van der Waals surface area contributed by atoms with E-state index in [1.807, 2.05) is 12.4 Å². The maximum absolute atomic E-state index is 4.51. The zero-order valence-electron chi connectivity index (χ0n) is 12.8. The lowest BCUT2D eigenvalue weighted by Crippen LogP contribution is -2.33. The Morgan fingerprint density at radius 1 is 1.16 bits per heavy atom. The molecule has 1 heterocycles. The van der Waals surface area contributed by atoms with E-state index >= 15 is 0 Å². The summed E-state index contributed by atoms with van der Waals surface area (Å²) in [6, 6.07) is 0.441. The molecule has 1 N–H and O–H groups in total. The standard InChI is InChI=1S/C15H28N4/c1-5-7-8-9-19(13(3)4)15-17-11-14(12-18-15)10-16-6-2/h11-13,16H,5-10H2,1-4H3. The first kappa shape index (κ1) is 15.9. The number of hydrogen-bond donors (Lipinski definition) is 1. The lowest BCUT2D eigenvalue weighted by atomic mass is 10.2. The van der Waals surface area contributed by atoms with E-state index in [2.05, 4.69) is 47.9 Å². The molecule has 0 aliphatic heterocycles. The second-order valence-electron chi connectivity index (χ2n) is 5.17. The highest BCUT2D eigenvalue weighted by Crippen LogP contribution is 2.12. The molecule has 0 unspecified atom stereocenters. The van der Waals surface area contributed by atoms with Crippen LogP contribution in [0.2, 0.25) is 0 Å². The molecule has 0 spiro atoms. The molecule has 1 rings (SSSR count). The highest BCUT2D eigenvalue weighted by Gasteiger charge is 2.12. The van der Waals surface area contributed by atoms with Gasteiger partial charge in [0.25, 0.3) is 0 Å². The molecule has 1 aromatic rings. The Labute approximate surface area is 117 Å². The van der Waals surface area contributed by atoms with Gasteiger partial charge in [0.1, 0.15) is 0 Å². The van der Waals surface area contributed by atoms with Crippen LogP contribution in [0.25, 0.3) is 0 Å². The molecular formula is C15H28N4. The van der Waals surface area contributed by atoms with Crippen LogP contribution in [0.1, 0.15) is 52.5 Å². The van der Waals surface area contributed by atoms with Crippen LogP contribution in [0.3, 0.4) is 0 Å². The summed E-state index contributed by atoms with van der Waals surface area (Å²) in [5.74, 6) is 0.853. The molecule has 108 valence electrons. The second kappa shape index (κ2) is 8.86. The van der Waals surface area contributed by atoms with E-state index in [9.17, 15) is 0 Å². The molecule has 0 aliphatic carbocycles. The van der Waals surface area contributed by atoms with Gasteiger partial charge in [0.05, 0.1) is 0 Å². The number of rotatable bonds is 9. The molecule has 0 aliphatic rings. The van der Waals surface area contributed by atoms with Crippen molar-refractivity contribution in [2.24, 2.45) is 0 Å². The van der Waals surface area contributed by atoms with E-state index in [0.717, 1.165) is 31.1 Å². The maximum atomic E-state index is 4.51. The van der Waals surface area contributed by atoms with Crippen molar-refractivity contribution in [1.82, 2.24) is 15.3 Å². The number of nitrogens with zero attached hydrogens (tertiary/aromatic N) is 3. The van der Waals surface area contributed by atoms with Crippen LogP contribution in [0.4, 0.5) is 5.95 Å². The van der Waals surface area contributed by atoms with Crippen molar-refractivity contribution in [3.05, 3.63) is 18.0 Å². The van der Waals surface area contributed by atoms with E-state index in [1.54, 1.807) is 0 Å². The summed E-state index contributed by atoms with van der Waals surface area (Å²) < 4.78 is 0. The molecule has 0 saturated carbocycles. The fourth-order valence-electron chi connectivity index (χ4n) is 1.98. The molecule has 0 fully saturated rings. The van der Waals surface area contributed by atoms with Crippen LogP contribution in [-0.4, -0.2) is 29.1 Å². The highest BCUT2D eigenvalue weighted by molar-refractivity contribution is 5.31. The summed E-state index contributed by atoms with van der Waals surface area (Å²) in [6.07, 6.45) is 7.58. The monoisotopic (exact) mass is 264 g/mol. The van der Waals surface area contributed by atoms with E-state index < -0.39 is 0 Å². The maximum Gasteiger partial charge on any atom is 0.225 e. The lowest BCUT2D eigenvalue weighted by molar-refractivity contribution is 0.611. The Hall–Kier alpha value is -1.16. The predicted octanol–water partition coefficient (Wildman–Crippen LogP) is 2.99. The van der Waals surface area contributed by atoms with Crippen LogP contribution in [-0.2, 0) is 6.54 Å². The van der Waals surface area contributed by atoms with Crippen molar-refractivity contribution in [2.45, 2.75) is 59.5 Å². The fraction of sp³-hybridized carbons (Fsp3) is 0.733. The van der Waals surface area contributed by atoms with Crippen LogP contribution in [0.5, 0.6) is 0 Å². The highest BCUT2D eigenvalue weighted by atomic mass is 15.3. The van der Waals surface area contributed by atoms with Crippen molar-refractivity contribution in [3.8, 4) is 0 Å². The molecule has 4 nitrogen and oxygen atoms in total. The summed E-state index contributed by atoms with van der Waals surface area (Å²) in [5.41, 5.74) is 1.14. The Balaban J connectivity index is 2.63. The molecule has 0 atom stereocenters. The summed E-state index contributed by atoms with van der Waals surface area (Å²) in [6.45, 7) is 11.6. The molecule has 0 radical (unpaired) electrons. The van der Waals surface area contributed by atoms with E-state index in [0.29, 0.717) is 6.04 Å². The predicted molar refractivity (Wildman–Crippen MR) is 81.4 cm³/mol. The number of nitrogens with one attached hydrogen (secondary N) is 1. The third-order valence-electron chi connectivity index (χ3n) is 3.15. The quantitative estimate of drug-likeness (QED) is 0.696. The second-order valence-corrected chi connectivity index (χ2v) is 5.17. The zero-order valence-corrected chi connectivity index (χ0v) is 12.8. The first-order chi connectivity index (χ1) is 9.19. The average molecular weight is 264 g/mol. The summed E-state index contributed by atoms with van der Waals surface area (Å²) in [5, 5.41) is 3.28. The van der Waals surface area contributed by atoms with Crippen LogP contribution in [0.15, 0.2) is 12.4 Å². The van der Waals surface area contributed by atoms with Gasteiger partial charge in [-0.1, -0.05) is 26.7 Å². The number of unbranched alkanes of at least 4 members (excludes halogenated alkanes) is 2. The summed E-state index contributed by atoms with van der Waals surface area (Å²) in [4.78, 5) is 11.3. The third kappa shape index (κ3) is 5.55. The zero-order chi connectivity index (χ0) is 14.1. The van der Waals surface area contributed by atoms with Crippen molar-refractivity contribution < 1.29 is 0 Å². The van der Waals surface area contributed by atoms with Crippen LogP contribution < -0.4 is 10.2 Å². The van der Waals surface area contributed by atoms with E-state index in [4.69, 9.17) is 0 Å². The molecule has 0 aromatic carbocycles. The van der Waals surface area contributed by atoms with Crippen molar-refractivity contribution >= 4 is 5.95 Å². The largest absolute Gasteiger partial charge is 0.338 e. The Morgan fingerprint density at radius 2 is 1.84 bits per heavy atom. The van der Waals surface area contributed by atoms with Gasteiger partial charge in [0.2, 0.25) is 5.95 Å². The Morgan fingerprint density at radius 3 is 2.37 bits per heavy atom. The first-order valence-electron chi connectivity index (χ1n) is 7.47. The molecular weight excluding hydrogens is 236 g/mol. The van der Waals surface area contributed by atoms with Gasteiger partial charge >= 0.3 is 0 Å².